The van der Waals surface area contributed by atoms with Gasteiger partial charge in [0, 0.05) is 19.5 Å². The quantitative estimate of drug-likeness (QED) is 0.146. The van der Waals surface area contributed by atoms with Crippen LogP contribution < -0.4 is 16.8 Å². The highest BCUT2D eigenvalue weighted by Crippen LogP contribution is 2.14. The number of guanidine groups is 1. The molecule has 5 nitrogen and oxygen atoms in total. The van der Waals surface area contributed by atoms with Crippen LogP contribution in [0.3, 0.4) is 0 Å². The van der Waals surface area contributed by atoms with Gasteiger partial charge < -0.3 is 16.8 Å². The van der Waals surface area contributed by atoms with Gasteiger partial charge in [-0.3, -0.25) is 9.79 Å². The normalized spacial score (nSPS) is 11.9. The number of nitrogens with zero attached hydrogens (tertiary/aromatic N) is 1. The fourth-order valence-corrected chi connectivity index (χ4v) is 3.70. The molecule has 0 rings (SSSR count). The molecule has 28 heavy (non-hydrogen) atoms. The summed E-state index contributed by atoms with van der Waals surface area (Å²) in [4.78, 5) is 15.4. The lowest BCUT2D eigenvalue weighted by Gasteiger charge is -2.17. The van der Waals surface area contributed by atoms with Crippen LogP contribution in [0.1, 0.15) is 123 Å². The molecule has 0 saturated carbocycles. The van der Waals surface area contributed by atoms with E-state index in [4.69, 9.17) is 11.5 Å². The van der Waals surface area contributed by atoms with Crippen LogP contribution in [0.4, 0.5) is 0 Å². The maximum absolute atomic E-state index is 11.4. The van der Waals surface area contributed by atoms with Crippen LogP contribution in [-0.4, -0.2) is 24.5 Å². The fourth-order valence-electron chi connectivity index (χ4n) is 3.70. The number of carbonyl (C=O) groups is 1. The van der Waals surface area contributed by atoms with Gasteiger partial charge in [0.25, 0.3) is 0 Å². The molecule has 1 atom stereocenters. The monoisotopic (exact) mass is 396 g/mol. The van der Waals surface area contributed by atoms with Crippen molar-refractivity contribution in [2.45, 2.75) is 129 Å². The molecule has 0 fully saturated rings. The summed E-state index contributed by atoms with van der Waals surface area (Å²) in [6, 6.07) is 0.296. The second kappa shape index (κ2) is 20.5. The minimum absolute atomic E-state index is 0.0731. The number of hydrogen-bond donors (Lipinski definition) is 3. The fraction of sp³-hybridized carbons (Fsp3) is 0.913. The second-order valence-electron chi connectivity index (χ2n) is 8.23. The first-order valence-electron chi connectivity index (χ1n) is 11.9. The van der Waals surface area contributed by atoms with Gasteiger partial charge in [-0.25, -0.2) is 0 Å². The van der Waals surface area contributed by atoms with Gasteiger partial charge in [0.2, 0.25) is 5.91 Å². The van der Waals surface area contributed by atoms with E-state index in [-0.39, 0.29) is 11.9 Å². The molecule has 5 N–H and O–H groups in total. The minimum atomic E-state index is 0.0731. The molecule has 0 saturated heterocycles. The van der Waals surface area contributed by atoms with Crippen molar-refractivity contribution >= 4 is 11.9 Å². The Morgan fingerprint density at radius 3 is 1.61 bits per heavy atom. The van der Waals surface area contributed by atoms with E-state index in [1.165, 1.54) is 83.5 Å². The molecule has 0 aliphatic rings. The zero-order valence-corrected chi connectivity index (χ0v) is 18.8. The molecule has 0 aromatic heterocycles. The van der Waals surface area contributed by atoms with Gasteiger partial charge >= 0.3 is 0 Å². The number of nitrogens with two attached hydrogens (primary N) is 2. The van der Waals surface area contributed by atoms with E-state index in [9.17, 15) is 4.79 Å². The van der Waals surface area contributed by atoms with Crippen LogP contribution in [0.25, 0.3) is 0 Å². The molecule has 0 radical (unpaired) electrons. The second-order valence-corrected chi connectivity index (χ2v) is 8.23. The van der Waals surface area contributed by atoms with Crippen molar-refractivity contribution in [3.8, 4) is 0 Å². The molecule has 0 bridgehead atoms. The van der Waals surface area contributed by atoms with Crippen LogP contribution in [0, 0.1) is 0 Å². The van der Waals surface area contributed by atoms with Crippen molar-refractivity contribution in [3.63, 3.8) is 0 Å². The number of unbranched alkanes of at least 4 members (excludes halogenated alkanes) is 13. The van der Waals surface area contributed by atoms with Gasteiger partial charge in [0.05, 0.1) is 0 Å². The number of amides is 1. The Morgan fingerprint density at radius 1 is 0.750 bits per heavy atom. The lowest BCUT2D eigenvalue weighted by Crippen LogP contribution is -2.33. The third-order valence-corrected chi connectivity index (χ3v) is 5.32. The van der Waals surface area contributed by atoms with Crippen LogP contribution in [0.5, 0.6) is 0 Å². The van der Waals surface area contributed by atoms with Crippen molar-refractivity contribution < 1.29 is 4.79 Å². The summed E-state index contributed by atoms with van der Waals surface area (Å²) in [5.74, 6) is 0.231. The largest absolute Gasteiger partial charge is 0.370 e. The summed E-state index contributed by atoms with van der Waals surface area (Å²) in [5.41, 5.74) is 10.7. The number of rotatable bonds is 20. The van der Waals surface area contributed by atoms with Crippen LogP contribution in [-0.2, 0) is 4.79 Å². The molecule has 1 unspecified atom stereocenters. The Balaban J connectivity index is 3.55. The van der Waals surface area contributed by atoms with Gasteiger partial charge in [-0.15, -0.1) is 0 Å². The Bertz CT molecular complexity index is 381. The van der Waals surface area contributed by atoms with Crippen molar-refractivity contribution in [1.82, 2.24) is 5.32 Å². The first-order valence-corrected chi connectivity index (χ1v) is 11.9. The van der Waals surface area contributed by atoms with Crippen LogP contribution >= 0.6 is 0 Å². The van der Waals surface area contributed by atoms with Crippen molar-refractivity contribution in [1.29, 1.82) is 0 Å². The van der Waals surface area contributed by atoms with Crippen molar-refractivity contribution in [2.75, 3.05) is 6.54 Å². The summed E-state index contributed by atoms with van der Waals surface area (Å²) in [7, 11) is 0. The predicted molar refractivity (Wildman–Crippen MR) is 122 cm³/mol. The van der Waals surface area contributed by atoms with Gasteiger partial charge in [-0.2, -0.15) is 0 Å². The molecule has 0 aromatic rings. The van der Waals surface area contributed by atoms with E-state index in [2.05, 4.69) is 17.2 Å². The maximum Gasteiger partial charge on any atom is 0.217 e. The van der Waals surface area contributed by atoms with Crippen LogP contribution in [0.15, 0.2) is 4.99 Å². The Labute approximate surface area is 174 Å². The van der Waals surface area contributed by atoms with Crippen molar-refractivity contribution in [3.05, 3.63) is 0 Å². The first kappa shape index (κ1) is 26.7. The summed E-state index contributed by atoms with van der Waals surface area (Å²) in [5, 5.41) is 3.10. The molecular formula is C23H48N4O. The van der Waals surface area contributed by atoms with E-state index in [0.29, 0.717) is 12.6 Å². The standard InChI is InChI=1S/C23H48N4O/c1-3-4-5-6-7-8-9-10-11-12-13-14-15-18-22(27-21(2)28)19-16-17-20-26-23(24)25/h22H,3-20H2,1-2H3,(H,27,28)(H4,24,25,26). The molecule has 0 aromatic carbocycles. The number of aliphatic imine (C=N–C) groups is 1. The molecule has 0 heterocycles. The average molecular weight is 397 g/mol. The highest BCUT2D eigenvalue weighted by Gasteiger charge is 2.09. The molecule has 166 valence electrons. The molecular weight excluding hydrogens is 348 g/mol. The van der Waals surface area contributed by atoms with Gasteiger partial charge in [-0.05, 0) is 25.7 Å². The summed E-state index contributed by atoms with van der Waals surface area (Å²) in [6.45, 7) is 4.56. The third-order valence-electron chi connectivity index (χ3n) is 5.32. The molecule has 0 aliphatic carbocycles. The zero-order chi connectivity index (χ0) is 20.9. The molecule has 0 spiro atoms. The van der Waals surface area contributed by atoms with Crippen LogP contribution in [0.2, 0.25) is 0 Å². The minimum Gasteiger partial charge on any atom is -0.370 e. The third kappa shape index (κ3) is 21.0. The summed E-state index contributed by atoms with van der Waals surface area (Å²) in [6.07, 6.45) is 21.9. The highest BCUT2D eigenvalue weighted by atomic mass is 16.1. The Morgan fingerprint density at radius 2 is 1.18 bits per heavy atom. The predicted octanol–water partition coefficient (Wildman–Crippen LogP) is 5.42. The Kier molecular flexibility index (Phi) is 19.6. The van der Waals surface area contributed by atoms with E-state index < -0.39 is 0 Å². The average Bonchev–Trinajstić information content (AvgIpc) is 2.64. The molecule has 5 heteroatoms. The van der Waals surface area contributed by atoms with Gasteiger partial charge in [0.1, 0.15) is 0 Å². The number of nitrogens with one attached hydrogen (secondary N) is 1. The smallest absolute Gasteiger partial charge is 0.217 e. The van der Waals surface area contributed by atoms with E-state index in [0.717, 1.165) is 25.7 Å². The number of carbonyl (C=O) groups excluding carboxylic acids is 1. The van der Waals surface area contributed by atoms with Crippen molar-refractivity contribution in [2.24, 2.45) is 16.5 Å². The van der Waals surface area contributed by atoms with E-state index in [1.807, 2.05) is 0 Å². The Hall–Kier alpha value is -1.26. The molecule has 1 amide bonds. The topological polar surface area (TPSA) is 93.5 Å². The van der Waals surface area contributed by atoms with E-state index >= 15 is 0 Å². The lowest BCUT2D eigenvalue weighted by molar-refractivity contribution is -0.119. The highest BCUT2D eigenvalue weighted by molar-refractivity contribution is 5.75. The maximum atomic E-state index is 11.4. The van der Waals surface area contributed by atoms with Gasteiger partial charge in [-0.1, -0.05) is 90.4 Å². The van der Waals surface area contributed by atoms with Gasteiger partial charge in [0.15, 0.2) is 5.96 Å². The first-order chi connectivity index (χ1) is 13.6. The SMILES string of the molecule is CCCCCCCCCCCCCCCC(CCCCN=C(N)N)NC(C)=O. The molecule has 0 aliphatic heterocycles. The summed E-state index contributed by atoms with van der Waals surface area (Å²) < 4.78 is 0. The van der Waals surface area contributed by atoms with E-state index in [1.54, 1.807) is 6.92 Å². The number of hydrogen-bond acceptors (Lipinski definition) is 2. The zero-order valence-electron chi connectivity index (χ0n) is 18.8. The lowest BCUT2D eigenvalue weighted by atomic mass is 10.0. The summed E-state index contributed by atoms with van der Waals surface area (Å²) >= 11 is 0.